The summed E-state index contributed by atoms with van der Waals surface area (Å²) in [6.45, 7) is 0.436. The monoisotopic (exact) mass is 416 g/mol. The molecule has 0 aliphatic carbocycles. The molecule has 0 saturated carbocycles. The maximum Gasteiger partial charge on any atom is 0.251 e. The van der Waals surface area contributed by atoms with Crippen LogP contribution in [0.15, 0.2) is 72.9 Å². The lowest BCUT2D eigenvalue weighted by atomic mass is 10.2. The van der Waals surface area contributed by atoms with Gasteiger partial charge in [0.1, 0.15) is 10.8 Å². The van der Waals surface area contributed by atoms with E-state index in [-0.39, 0.29) is 11.8 Å². The van der Waals surface area contributed by atoms with Gasteiger partial charge in [0.15, 0.2) is 0 Å². The number of aromatic nitrogens is 2. The number of nitrogens with one attached hydrogen (secondary N) is 2. The molecule has 30 heavy (non-hydrogen) atoms. The van der Waals surface area contributed by atoms with Crippen LogP contribution >= 0.6 is 11.3 Å². The highest BCUT2D eigenvalue weighted by Crippen LogP contribution is 2.29. The highest BCUT2D eigenvalue weighted by atomic mass is 32.1. The first kappa shape index (κ1) is 19.7. The molecule has 0 saturated heterocycles. The average Bonchev–Trinajstić information content (AvgIpc) is 3.22. The fraction of sp³-hybridized carbons (Fsp3) is 0.130. The third kappa shape index (κ3) is 4.87. The SMILES string of the molecule is O=C(CCCNC(=O)c1ccccc1)Nc1ccc(-c2nc3ccccc3s2)cn1. The van der Waals surface area contributed by atoms with Crippen LogP contribution in [0.1, 0.15) is 23.2 Å². The lowest BCUT2D eigenvalue weighted by molar-refractivity contribution is -0.116. The minimum atomic E-state index is -0.136. The maximum absolute atomic E-state index is 12.1. The summed E-state index contributed by atoms with van der Waals surface area (Å²) in [5, 5.41) is 6.50. The molecule has 0 atom stereocenters. The third-order valence-electron chi connectivity index (χ3n) is 4.47. The molecule has 4 aromatic rings. The number of thiazole rings is 1. The Morgan fingerprint density at radius 3 is 2.50 bits per heavy atom. The largest absolute Gasteiger partial charge is 0.352 e. The van der Waals surface area contributed by atoms with Crippen LogP contribution in [0.5, 0.6) is 0 Å². The van der Waals surface area contributed by atoms with Crippen LogP contribution in [0.3, 0.4) is 0 Å². The molecule has 0 bridgehead atoms. The second-order valence-corrected chi connectivity index (χ2v) is 7.72. The molecule has 2 amide bonds. The number of hydrogen-bond donors (Lipinski definition) is 2. The summed E-state index contributed by atoms with van der Waals surface area (Å²) in [4.78, 5) is 33.0. The summed E-state index contributed by atoms with van der Waals surface area (Å²) in [6, 6.07) is 20.7. The summed E-state index contributed by atoms with van der Waals surface area (Å²) in [5.74, 6) is 0.227. The van der Waals surface area contributed by atoms with E-state index in [1.165, 1.54) is 0 Å². The number of pyridine rings is 1. The Balaban J connectivity index is 1.25. The van der Waals surface area contributed by atoms with Gasteiger partial charge in [0.25, 0.3) is 5.91 Å². The topological polar surface area (TPSA) is 84.0 Å². The molecule has 0 fully saturated rings. The second-order valence-electron chi connectivity index (χ2n) is 6.69. The molecule has 6 nitrogen and oxygen atoms in total. The van der Waals surface area contributed by atoms with E-state index in [9.17, 15) is 9.59 Å². The van der Waals surface area contributed by atoms with E-state index in [1.54, 1.807) is 35.7 Å². The van der Waals surface area contributed by atoms with Gasteiger partial charge in [-0.1, -0.05) is 30.3 Å². The molecule has 2 N–H and O–H groups in total. The summed E-state index contributed by atoms with van der Waals surface area (Å²) >= 11 is 1.61. The standard InChI is InChI=1S/C23H20N4O2S/c28-21(11-6-14-24-22(29)16-7-2-1-3-8-16)27-20-13-12-17(15-25-20)23-26-18-9-4-5-10-19(18)30-23/h1-5,7-10,12-13,15H,6,11,14H2,(H,24,29)(H,25,27,28). The highest BCUT2D eigenvalue weighted by Gasteiger charge is 2.08. The lowest BCUT2D eigenvalue weighted by Crippen LogP contribution is -2.25. The Morgan fingerprint density at radius 1 is 0.933 bits per heavy atom. The van der Waals surface area contributed by atoms with Gasteiger partial charge in [0.2, 0.25) is 5.91 Å². The molecule has 0 spiro atoms. The number of anilines is 1. The average molecular weight is 417 g/mol. The van der Waals surface area contributed by atoms with Crippen LogP contribution in [0.25, 0.3) is 20.8 Å². The number of nitrogens with zero attached hydrogens (tertiary/aromatic N) is 2. The van der Waals surface area contributed by atoms with Crippen LogP contribution in [0.2, 0.25) is 0 Å². The number of benzene rings is 2. The van der Waals surface area contributed by atoms with Crippen molar-refractivity contribution in [2.75, 3.05) is 11.9 Å². The Labute approximate surface area is 178 Å². The Kier molecular flexibility index (Phi) is 6.10. The zero-order valence-electron chi connectivity index (χ0n) is 16.2. The van der Waals surface area contributed by atoms with Crippen molar-refractivity contribution in [3.8, 4) is 10.6 Å². The van der Waals surface area contributed by atoms with E-state index in [2.05, 4.69) is 20.6 Å². The molecule has 7 heteroatoms. The summed E-state index contributed by atoms with van der Waals surface area (Å²) in [5.41, 5.74) is 2.49. The normalized spacial score (nSPS) is 10.7. The van der Waals surface area contributed by atoms with E-state index in [4.69, 9.17) is 0 Å². The minimum Gasteiger partial charge on any atom is -0.352 e. The Hall–Kier alpha value is -3.58. The molecule has 0 unspecified atom stereocenters. The van der Waals surface area contributed by atoms with E-state index >= 15 is 0 Å². The van der Waals surface area contributed by atoms with E-state index in [1.807, 2.05) is 48.5 Å². The summed E-state index contributed by atoms with van der Waals surface area (Å²) in [6.07, 6.45) is 2.57. The summed E-state index contributed by atoms with van der Waals surface area (Å²) in [7, 11) is 0. The Morgan fingerprint density at radius 2 is 1.73 bits per heavy atom. The smallest absolute Gasteiger partial charge is 0.251 e. The van der Waals surface area contributed by atoms with Gasteiger partial charge in [0, 0.05) is 30.3 Å². The first-order valence-corrected chi connectivity index (χ1v) is 10.5. The molecule has 150 valence electrons. The molecule has 2 aromatic carbocycles. The zero-order chi connectivity index (χ0) is 20.8. The number of para-hydroxylation sites is 1. The first-order valence-electron chi connectivity index (χ1n) is 9.64. The number of amides is 2. The van der Waals surface area contributed by atoms with Crippen molar-refractivity contribution in [2.45, 2.75) is 12.8 Å². The van der Waals surface area contributed by atoms with Crippen LogP contribution < -0.4 is 10.6 Å². The van der Waals surface area contributed by atoms with Crippen LogP contribution in [0.4, 0.5) is 5.82 Å². The number of fused-ring (bicyclic) bond motifs is 1. The minimum absolute atomic E-state index is 0.135. The Bertz CT molecular complexity index is 1120. The van der Waals surface area contributed by atoms with Gasteiger partial charge in [-0.3, -0.25) is 9.59 Å². The van der Waals surface area contributed by atoms with Crippen LogP contribution in [-0.4, -0.2) is 28.3 Å². The molecule has 0 radical (unpaired) electrons. The van der Waals surface area contributed by atoms with Crippen molar-refractivity contribution >= 4 is 39.2 Å². The fourth-order valence-electron chi connectivity index (χ4n) is 2.94. The molecule has 4 rings (SSSR count). The zero-order valence-corrected chi connectivity index (χ0v) is 17.0. The molecule has 2 aromatic heterocycles. The van der Waals surface area contributed by atoms with Gasteiger partial charge in [-0.05, 0) is 42.8 Å². The van der Waals surface area contributed by atoms with Gasteiger partial charge >= 0.3 is 0 Å². The predicted octanol–water partition coefficient (Wildman–Crippen LogP) is 4.51. The van der Waals surface area contributed by atoms with Crippen molar-refractivity contribution in [3.05, 3.63) is 78.5 Å². The lowest BCUT2D eigenvalue weighted by Gasteiger charge is -2.06. The van der Waals surface area contributed by atoms with E-state index < -0.39 is 0 Å². The van der Waals surface area contributed by atoms with Crippen molar-refractivity contribution in [3.63, 3.8) is 0 Å². The predicted molar refractivity (Wildman–Crippen MR) is 119 cm³/mol. The van der Waals surface area contributed by atoms with E-state index in [0.717, 1.165) is 20.8 Å². The van der Waals surface area contributed by atoms with Gasteiger partial charge in [-0.25, -0.2) is 9.97 Å². The quantitative estimate of drug-likeness (QED) is 0.434. The van der Waals surface area contributed by atoms with Crippen molar-refractivity contribution in [2.24, 2.45) is 0 Å². The number of rotatable bonds is 7. The van der Waals surface area contributed by atoms with Gasteiger partial charge < -0.3 is 10.6 Å². The van der Waals surface area contributed by atoms with Crippen LogP contribution in [0, 0.1) is 0 Å². The second kappa shape index (κ2) is 9.28. The summed E-state index contributed by atoms with van der Waals surface area (Å²) < 4.78 is 1.13. The molecular formula is C23H20N4O2S. The van der Waals surface area contributed by atoms with Gasteiger partial charge in [-0.15, -0.1) is 11.3 Å². The van der Waals surface area contributed by atoms with Gasteiger partial charge in [0.05, 0.1) is 10.2 Å². The molecular weight excluding hydrogens is 396 g/mol. The fourth-order valence-corrected chi connectivity index (χ4v) is 3.89. The van der Waals surface area contributed by atoms with Crippen LogP contribution in [-0.2, 0) is 4.79 Å². The molecule has 2 heterocycles. The highest BCUT2D eigenvalue weighted by molar-refractivity contribution is 7.21. The molecule has 0 aliphatic rings. The first-order chi connectivity index (χ1) is 14.7. The number of carbonyl (C=O) groups excluding carboxylic acids is 2. The maximum atomic E-state index is 12.1. The van der Waals surface area contributed by atoms with E-state index in [0.29, 0.717) is 30.8 Å². The molecule has 0 aliphatic heterocycles. The van der Waals surface area contributed by atoms with Gasteiger partial charge in [-0.2, -0.15) is 0 Å². The van der Waals surface area contributed by atoms with Crippen molar-refractivity contribution < 1.29 is 9.59 Å². The van der Waals surface area contributed by atoms with Crippen molar-refractivity contribution in [1.82, 2.24) is 15.3 Å². The van der Waals surface area contributed by atoms with Crippen molar-refractivity contribution in [1.29, 1.82) is 0 Å². The third-order valence-corrected chi connectivity index (χ3v) is 5.56. The number of carbonyl (C=O) groups is 2. The number of hydrogen-bond acceptors (Lipinski definition) is 5.